The number of aromatic amines is 1. The minimum atomic E-state index is -0.264. The van der Waals surface area contributed by atoms with Crippen molar-refractivity contribution in [2.24, 2.45) is 0 Å². The van der Waals surface area contributed by atoms with Gasteiger partial charge in [-0.1, -0.05) is 23.9 Å². The maximum Gasteiger partial charge on any atom is 0.343 e. The monoisotopic (exact) mass is 293 g/mol. The summed E-state index contributed by atoms with van der Waals surface area (Å²) >= 11 is 1.23. The zero-order chi connectivity index (χ0) is 14.5. The molecular formula is C13H15N3O3S. The summed E-state index contributed by atoms with van der Waals surface area (Å²) in [5.41, 5.74) is 0.267. The van der Waals surface area contributed by atoms with Gasteiger partial charge in [0.2, 0.25) is 0 Å². The van der Waals surface area contributed by atoms with Crippen molar-refractivity contribution in [3.63, 3.8) is 0 Å². The summed E-state index contributed by atoms with van der Waals surface area (Å²) in [6.45, 7) is 2.36. The highest BCUT2D eigenvalue weighted by Crippen LogP contribution is 2.21. The SMILES string of the molecule is CCn1c(SCC(=O)c2ccccc2OC)n[nH]c1=O. The summed E-state index contributed by atoms with van der Waals surface area (Å²) in [6.07, 6.45) is 0. The second kappa shape index (κ2) is 6.42. The number of benzene rings is 1. The van der Waals surface area contributed by atoms with Gasteiger partial charge in [-0.15, -0.1) is 5.10 Å². The van der Waals surface area contributed by atoms with Crippen LogP contribution >= 0.6 is 11.8 Å². The Morgan fingerprint density at radius 1 is 1.45 bits per heavy atom. The van der Waals surface area contributed by atoms with Gasteiger partial charge in [-0.2, -0.15) is 0 Å². The first-order valence-corrected chi connectivity index (χ1v) is 7.10. The normalized spacial score (nSPS) is 10.5. The molecule has 0 saturated carbocycles. The molecule has 1 aromatic carbocycles. The van der Waals surface area contributed by atoms with Crippen LogP contribution in [0.25, 0.3) is 0 Å². The molecule has 0 bridgehead atoms. The van der Waals surface area contributed by atoms with Crippen molar-refractivity contribution in [1.29, 1.82) is 0 Å². The Labute approximate surface area is 120 Å². The van der Waals surface area contributed by atoms with Gasteiger partial charge in [-0.3, -0.25) is 9.36 Å². The number of hydrogen-bond donors (Lipinski definition) is 1. The first-order chi connectivity index (χ1) is 9.67. The van der Waals surface area contributed by atoms with E-state index in [0.717, 1.165) is 0 Å². The Bertz CT molecular complexity index is 663. The van der Waals surface area contributed by atoms with Crippen LogP contribution in [-0.2, 0) is 6.54 Å². The van der Waals surface area contributed by atoms with Gasteiger partial charge >= 0.3 is 5.69 Å². The van der Waals surface area contributed by atoms with Crippen LogP contribution in [0.5, 0.6) is 5.75 Å². The number of Topliss-reactive ketones (excluding diaryl/α,β-unsaturated/α-hetero) is 1. The van der Waals surface area contributed by atoms with E-state index in [1.807, 2.05) is 13.0 Å². The molecule has 0 atom stereocenters. The molecule has 0 amide bonds. The topological polar surface area (TPSA) is 77.0 Å². The van der Waals surface area contributed by atoms with Gasteiger partial charge < -0.3 is 4.74 Å². The summed E-state index contributed by atoms with van der Waals surface area (Å²) < 4.78 is 6.65. The minimum Gasteiger partial charge on any atom is -0.496 e. The Kier molecular flexibility index (Phi) is 4.62. The molecule has 0 aliphatic rings. The van der Waals surface area contributed by atoms with Crippen LogP contribution in [0.4, 0.5) is 0 Å². The number of nitrogens with zero attached hydrogens (tertiary/aromatic N) is 2. The molecule has 0 unspecified atom stereocenters. The second-order valence-electron chi connectivity index (χ2n) is 3.97. The second-order valence-corrected chi connectivity index (χ2v) is 4.91. The Hall–Kier alpha value is -2.02. The number of hydrogen-bond acceptors (Lipinski definition) is 5. The molecule has 2 aromatic rings. The highest BCUT2D eigenvalue weighted by Gasteiger charge is 2.14. The number of ether oxygens (including phenoxy) is 1. The highest BCUT2D eigenvalue weighted by molar-refractivity contribution is 7.99. The van der Waals surface area contributed by atoms with Crippen molar-refractivity contribution in [3.05, 3.63) is 40.3 Å². The number of aromatic nitrogens is 3. The summed E-state index contributed by atoms with van der Waals surface area (Å²) in [5, 5.41) is 6.79. The molecule has 0 radical (unpaired) electrons. The lowest BCUT2D eigenvalue weighted by atomic mass is 10.1. The molecule has 1 N–H and O–H groups in total. The third-order valence-electron chi connectivity index (χ3n) is 2.78. The predicted molar refractivity (Wildman–Crippen MR) is 76.6 cm³/mol. The fourth-order valence-electron chi connectivity index (χ4n) is 1.78. The Morgan fingerprint density at radius 2 is 2.20 bits per heavy atom. The molecule has 106 valence electrons. The zero-order valence-electron chi connectivity index (χ0n) is 11.3. The van der Waals surface area contributed by atoms with Crippen LogP contribution in [0.1, 0.15) is 17.3 Å². The molecule has 20 heavy (non-hydrogen) atoms. The Balaban J connectivity index is 2.11. The fraction of sp³-hybridized carbons (Fsp3) is 0.308. The average Bonchev–Trinajstić information content (AvgIpc) is 2.84. The number of rotatable bonds is 6. The summed E-state index contributed by atoms with van der Waals surface area (Å²) in [7, 11) is 1.53. The first kappa shape index (κ1) is 14.4. The van der Waals surface area contributed by atoms with Gasteiger partial charge in [0.05, 0.1) is 18.4 Å². The number of H-pyrrole nitrogens is 1. The van der Waals surface area contributed by atoms with Gasteiger partial charge in [0.1, 0.15) is 5.75 Å². The van der Waals surface area contributed by atoms with Crippen LogP contribution in [0.3, 0.4) is 0 Å². The molecule has 0 aliphatic heterocycles. The van der Waals surface area contributed by atoms with Crippen molar-refractivity contribution in [3.8, 4) is 5.75 Å². The maximum absolute atomic E-state index is 12.2. The van der Waals surface area contributed by atoms with E-state index in [4.69, 9.17) is 4.74 Å². The molecule has 1 heterocycles. The molecular weight excluding hydrogens is 278 g/mol. The van der Waals surface area contributed by atoms with Crippen LogP contribution in [0, 0.1) is 0 Å². The Morgan fingerprint density at radius 3 is 2.90 bits per heavy atom. The molecule has 0 spiro atoms. The first-order valence-electron chi connectivity index (χ1n) is 6.11. The molecule has 7 heteroatoms. The molecule has 0 aliphatic carbocycles. The smallest absolute Gasteiger partial charge is 0.343 e. The van der Waals surface area contributed by atoms with E-state index in [0.29, 0.717) is 23.0 Å². The van der Waals surface area contributed by atoms with E-state index in [1.54, 1.807) is 18.2 Å². The zero-order valence-corrected chi connectivity index (χ0v) is 12.1. The van der Waals surface area contributed by atoms with Gasteiger partial charge in [0.15, 0.2) is 10.9 Å². The van der Waals surface area contributed by atoms with Crippen molar-refractivity contribution < 1.29 is 9.53 Å². The van der Waals surface area contributed by atoms with Gasteiger partial charge in [-0.25, -0.2) is 9.89 Å². The molecule has 2 rings (SSSR count). The van der Waals surface area contributed by atoms with Crippen LogP contribution < -0.4 is 10.4 Å². The van der Waals surface area contributed by atoms with Crippen LogP contribution in [-0.4, -0.2) is 33.4 Å². The van der Waals surface area contributed by atoms with E-state index < -0.39 is 0 Å². The summed E-state index contributed by atoms with van der Waals surface area (Å²) in [5.74, 6) is 0.684. The average molecular weight is 293 g/mol. The number of methoxy groups -OCH3 is 1. The van der Waals surface area contributed by atoms with E-state index >= 15 is 0 Å². The van der Waals surface area contributed by atoms with Crippen molar-refractivity contribution in [2.75, 3.05) is 12.9 Å². The molecule has 1 aromatic heterocycles. The number of para-hydroxylation sites is 1. The van der Waals surface area contributed by atoms with Crippen LogP contribution in [0.2, 0.25) is 0 Å². The van der Waals surface area contributed by atoms with Crippen molar-refractivity contribution in [1.82, 2.24) is 14.8 Å². The summed E-state index contributed by atoms with van der Waals surface area (Å²) in [6, 6.07) is 7.07. The van der Waals surface area contributed by atoms with E-state index in [1.165, 1.54) is 23.4 Å². The molecule has 0 fully saturated rings. The van der Waals surface area contributed by atoms with E-state index in [-0.39, 0.29) is 17.2 Å². The summed E-state index contributed by atoms with van der Waals surface area (Å²) in [4.78, 5) is 23.6. The molecule has 0 saturated heterocycles. The minimum absolute atomic E-state index is 0.0643. The standard InChI is InChI=1S/C13H15N3O3S/c1-3-16-12(18)14-15-13(16)20-8-10(17)9-6-4-5-7-11(9)19-2/h4-7H,3,8H2,1-2H3,(H,14,18). The van der Waals surface area contributed by atoms with Gasteiger partial charge in [0.25, 0.3) is 0 Å². The van der Waals surface area contributed by atoms with Gasteiger partial charge in [0, 0.05) is 6.54 Å². The highest BCUT2D eigenvalue weighted by atomic mass is 32.2. The van der Waals surface area contributed by atoms with Gasteiger partial charge in [-0.05, 0) is 19.1 Å². The fourth-order valence-corrected chi connectivity index (χ4v) is 2.67. The van der Waals surface area contributed by atoms with Crippen LogP contribution in [0.15, 0.2) is 34.2 Å². The van der Waals surface area contributed by atoms with Crippen molar-refractivity contribution in [2.45, 2.75) is 18.6 Å². The number of carbonyl (C=O) groups is 1. The number of nitrogens with one attached hydrogen (secondary N) is 1. The number of carbonyl (C=O) groups excluding carboxylic acids is 1. The lowest BCUT2D eigenvalue weighted by Gasteiger charge is -2.06. The number of thioether (sulfide) groups is 1. The molecule has 6 nitrogen and oxygen atoms in total. The third-order valence-corrected chi connectivity index (χ3v) is 3.76. The quantitative estimate of drug-likeness (QED) is 0.646. The van der Waals surface area contributed by atoms with Crippen molar-refractivity contribution >= 4 is 17.5 Å². The third kappa shape index (κ3) is 2.93. The number of ketones is 1. The van der Waals surface area contributed by atoms with E-state index in [2.05, 4.69) is 10.2 Å². The largest absolute Gasteiger partial charge is 0.496 e. The van der Waals surface area contributed by atoms with E-state index in [9.17, 15) is 9.59 Å². The lowest BCUT2D eigenvalue weighted by molar-refractivity contribution is 0.101. The lowest BCUT2D eigenvalue weighted by Crippen LogP contribution is -2.16. The predicted octanol–water partition coefficient (Wildman–Crippen LogP) is 1.57. The maximum atomic E-state index is 12.2.